The first-order valence-electron chi connectivity index (χ1n) is 20.7. The van der Waals surface area contributed by atoms with Gasteiger partial charge in [0.1, 0.15) is 28.7 Å². The number of unbranched alkanes of at least 4 members (excludes halogenated alkanes) is 1. The molecule has 0 bridgehead atoms. The summed E-state index contributed by atoms with van der Waals surface area (Å²) in [7, 11) is 5.52. The zero-order chi connectivity index (χ0) is 43.3. The maximum Gasteiger partial charge on any atom is 0.417 e. The second-order valence-corrected chi connectivity index (χ2v) is 18.4. The Morgan fingerprint density at radius 1 is 1.03 bits per heavy atom. The summed E-state index contributed by atoms with van der Waals surface area (Å²) in [4.78, 5) is 40.4. The van der Waals surface area contributed by atoms with Gasteiger partial charge in [-0.2, -0.15) is 5.26 Å². The second kappa shape index (κ2) is 16.3. The third-order valence-corrected chi connectivity index (χ3v) is 11.6. The van der Waals surface area contributed by atoms with E-state index in [0.29, 0.717) is 90.2 Å². The SMILES string of the molecule is COCOc1cc(-c2c(CCCC#N)cc3c4c(c(N5CC(N(C)C)C5)nc3c2F)N(C(=O)OC(C)(C)C)C(O)C42CCCN(C(=O)OC(C)(C)C)C2)c2ccccc2c1. The lowest BCUT2D eigenvalue weighted by Gasteiger charge is -2.44. The number of halogens is 1. The van der Waals surface area contributed by atoms with E-state index >= 15 is 4.39 Å². The van der Waals surface area contributed by atoms with Gasteiger partial charge in [0, 0.05) is 62.3 Å². The van der Waals surface area contributed by atoms with Crippen LogP contribution in [0.4, 0.5) is 25.5 Å². The van der Waals surface area contributed by atoms with Crippen LogP contribution in [0, 0.1) is 17.1 Å². The highest BCUT2D eigenvalue weighted by Gasteiger charge is 2.59. The zero-order valence-corrected chi connectivity index (χ0v) is 36.2. The van der Waals surface area contributed by atoms with Crippen molar-refractivity contribution in [1.82, 2.24) is 14.8 Å². The van der Waals surface area contributed by atoms with Gasteiger partial charge in [-0.15, -0.1) is 0 Å². The Morgan fingerprint density at radius 3 is 2.40 bits per heavy atom. The molecule has 60 heavy (non-hydrogen) atoms. The molecule has 2 unspecified atom stereocenters. The van der Waals surface area contributed by atoms with Crippen molar-refractivity contribution >= 4 is 45.4 Å². The highest BCUT2D eigenvalue weighted by Crippen LogP contribution is 2.57. The number of amides is 2. The lowest BCUT2D eigenvalue weighted by atomic mass is 9.72. The molecule has 2 saturated heterocycles. The van der Waals surface area contributed by atoms with Gasteiger partial charge in [0.2, 0.25) is 0 Å². The number of benzene rings is 3. The van der Waals surface area contributed by atoms with Gasteiger partial charge in [0.15, 0.2) is 18.4 Å². The molecule has 7 rings (SSSR count). The quantitative estimate of drug-likeness (QED) is 0.129. The van der Waals surface area contributed by atoms with Crippen LogP contribution in [0.1, 0.15) is 78.4 Å². The van der Waals surface area contributed by atoms with E-state index in [0.717, 1.165) is 10.8 Å². The number of aryl methyl sites for hydroxylation is 1. The van der Waals surface area contributed by atoms with Crippen LogP contribution in [0.25, 0.3) is 32.8 Å². The Balaban J connectivity index is 1.57. The van der Waals surface area contributed by atoms with E-state index in [1.165, 1.54) is 12.0 Å². The molecule has 3 aromatic carbocycles. The van der Waals surface area contributed by atoms with Crippen molar-refractivity contribution in [3.63, 3.8) is 0 Å². The molecule has 0 aliphatic carbocycles. The molecule has 13 nitrogen and oxygen atoms in total. The smallest absolute Gasteiger partial charge is 0.417 e. The van der Waals surface area contributed by atoms with E-state index in [-0.39, 0.29) is 31.3 Å². The molecule has 1 aromatic heterocycles. The van der Waals surface area contributed by atoms with Crippen LogP contribution in [-0.2, 0) is 26.0 Å². The predicted molar refractivity (Wildman–Crippen MR) is 229 cm³/mol. The Kier molecular flexibility index (Phi) is 11.7. The number of anilines is 2. The highest BCUT2D eigenvalue weighted by molar-refractivity contribution is 6.07. The van der Waals surface area contributed by atoms with Gasteiger partial charge in [0.05, 0.1) is 17.2 Å². The average Bonchev–Trinajstić information content (AvgIpc) is 3.39. The second-order valence-electron chi connectivity index (χ2n) is 18.4. The van der Waals surface area contributed by atoms with Gasteiger partial charge in [0.25, 0.3) is 0 Å². The van der Waals surface area contributed by atoms with Gasteiger partial charge < -0.3 is 38.8 Å². The van der Waals surface area contributed by atoms with E-state index in [9.17, 15) is 20.0 Å². The summed E-state index contributed by atoms with van der Waals surface area (Å²) < 4.78 is 41.3. The maximum atomic E-state index is 18.3. The van der Waals surface area contributed by atoms with Gasteiger partial charge in [-0.1, -0.05) is 24.3 Å². The molecule has 2 amide bonds. The van der Waals surface area contributed by atoms with Crippen LogP contribution < -0.4 is 14.5 Å². The Hall–Kier alpha value is -5.23. The fourth-order valence-corrected chi connectivity index (χ4v) is 8.83. The fraction of sp³-hybridized carbons (Fsp3) is 0.522. The highest BCUT2D eigenvalue weighted by atomic mass is 19.1. The van der Waals surface area contributed by atoms with Crippen molar-refractivity contribution in [1.29, 1.82) is 5.26 Å². The first-order valence-corrected chi connectivity index (χ1v) is 20.7. The number of piperidine rings is 1. The van der Waals surface area contributed by atoms with Crippen LogP contribution >= 0.6 is 0 Å². The van der Waals surface area contributed by atoms with Crippen LogP contribution in [0.2, 0.25) is 0 Å². The molecule has 1 N–H and O–H groups in total. The Bertz CT molecular complexity index is 2340. The normalized spacial score (nSPS) is 19.5. The number of aliphatic hydroxyl groups is 1. The summed E-state index contributed by atoms with van der Waals surface area (Å²) in [6, 6.07) is 15.7. The summed E-state index contributed by atoms with van der Waals surface area (Å²) in [5, 5.41) is 24.4. The number of nitrogens with zero attached hydrogens (tertiary/aromatic N) is 6. The molecule has 2 atom stereocenters. The maximum absolute atomic E-state index is 18.3. The predicted octanol–water partition coefficient (Wildman–Crippen LogP) is 8.12. The number of likely N-dealkylation sites (tertiary alicyclic amines) is 1. The third-order valence-electron chi connectivity index (χ3n) is 11.6. The van der Waals surface area contributed by atoms with E-state index in [1.54, 1.807) is 52.5 Å². The van der Waals surface area contributed by atoms with E-state index in [2.05, 4.69) is 11.0 Å². The standard InChI is InChI=1S/C46H57FN6O7/c1-44(2,3)59-42(55)51-20-14-18-46(26-51)36-34-22-29(16-12-13-19-48)35(33-23-31(58-27-57-9)21-28-15-10-11-17-32(28)33)37(47)38(34)49-40(52-24-30(25-52)50(7)8)39(36)53(41(46)54)43(56)60-45(4,5)6/h10-11,15,17,21-23,30,41,54H,12-14,16,18,20,24-27H2,1-9H3. The number of nitriles is 1. The number of pyridine rings is 1. The number of hydrogen-bond acceptors (Lipinski definition) is 11. The van der Waals surface area contributed by atoms with Crippen molar-refractivity contribution in [2.75, 3.05) is 64.0 Å². The van der Waals surface area contributed by atoms with Crippen molar-refractivity contribution in [3.05, 3.63) is 59.4 Å². The summed E-state index contributed by atoms with van der Waals surface area (Å²) in [5.74, 6) is 0.253. The lowest BCUT2D eigenvalue weighted by molar-refractivity contribution is -0.00710. The van der Waals surface area contributed by atoms with Gasteiger partial charge in [-0.05, 0) is 121 Å². The molecule has 4 aromatic rings. The first-order chi connectivity index (χ1) is 28.4. The fourth-order valence-electron chi connectivity index (χ4n) is 8.83. The number of fused-ring (bicyclic) bond motifs is 5. The van der Waals surface area contributed by atoms with Crippen LogP contribution in [-0.4, -0.2) is 110 Å². The number of carbonyl (C=O) groups excluding carboxylic acids is 2. The van der Waals surface area contributed by atoms with Crippen LogP contribution in [0.3, 0.4) is 0 Å². The Labute approximate surface area is 351 Å². The van der Waals surface area contributed by atoms with E-state index < -0.39 is 40.8 Å². The third kappa shape index (κ3) is 8.02. The number of methoxy groups -OCH3 is 1. The molecular formula is C46H57FN6O7. The van der Waals surface area contributed by atoms with Crippen molar-refractivity contribution in [3.8, 4) is 22.9 Å². The number of likely N-dealkylation sites (N-methyl/N-ethyl adjacent to an activating group) is 1. The van der Waals surface area contributed by atoms with Gasteiger partial charge in [-0.3, -0.25) is 0 Å². The monoisotopic (exact) mass is 824 g/mol. The van der Waals surface area contributed by atoms with Crippen molar-refractivity contribution in [2.45, 2.75) is 103 Å². The summed E-state index contributed by atoms with van der Waals surface area (Å²) >= 11 is 0. The topological polar surface area (TPSA) is 141 Å². The number of ether oxygens (including phenoxy) is 4. The number of hydrogen-bond donors (Lipinski definition) is 1. The first kappa shape index (κ1) is 42.9. The Morgan fingerprint density at radius 2 is 1.73 bits per heavy atom. The largest absolute Gasteiger partial charge is 0.468 e. The van der Waals surface area contributed by atoms with Gasteiger partial charge >= 0.3 is 12.2 Å². The molecule has 3 aliphatic rings. The minimum atomic E-state index is -1.51. The molecule has 1 spiro atoms. The number of aliphatic hydroxyl groups excluding tert-OH is 1. The molecular weight excluding hydrogens is 768 g/mol. The number of aromatic nitrogens is 1. The van der Waals surface area contributed by atoms with E-state index in [4.69, 9.17) is 23.9 Å². The van der Waals surface area contributed by atoms with Crippen LogP contribution in [0.15, 0.2) is 42.5 Å². The number of carbonyl (C=O) groups is 2. The summed E-state index contributed by atoms with van der Waals surface area (Å²) in [5.41, 5.74) is -0.532. The van der Waals surface area contributed by atoms with Crippen molar-refractivity contribution in [2.24, 2.45) is 0 Å². The van der Waals surface area contributed by atoms with Gasteiger partial charge in [-0.25, -0.2) is 23.9 Å². The zero-order valence-electron chi connectivity index (χ0n) is 36.2. The molecule has 3 aliphatic heterocycles. The van der Waals surface area contributed by atoms with Crippen LogP contribution in [0.5, 0.6) is 5.75 Å². The minimum absolute atomic E-state index is 0.00723. The molecule has 0 radical (unpaired) electrons. The summed E-state index contributed by atoms with van der Waals surface area (Å²) in [6.07, 6.45) is -0.954. The number of rotatable bonds is 9. The molecule has 0 saturated carbocycles. The minimum Gasteiger partial charge on any atom is -0.468 e. The molecule has 320 valence electrons. The van der Waals surface area contributed by atoms with E-state index in [1.807, 2.05) is 55.4 Å². The molecule has 4 heterocycles. The average molecular weight is 825 g/mol. The summed E-state index contributed by atoms with van der Waals surface area (Å²) in [6.45, 7) is 12.1. The molecule has 2 fully saturated rings. The molecule has 14 heteroatoms. The lowest BCUT2D eigenvalue weighted by Crippen LogP contribution is -2.58. The van der Waals surface area contributed by atoms with Crippen molar-refractivity contribution < 1.29 is 38.0 Å².